The molecule has 10 heteroatoms. The van der Waals surface area contributed by atoms with Crippen molar-refractivity contribution in [3.8, 4) is 5.75 Å². The highest BCUT2D eigenvalue weighted by Gasteiger charge is 2.38. The average Bonchev–Trinajstić information content (AvgIpc) is 2.54. The van der Waals surface area contributed by atoms with Crippen molar-refractivity contribution in [3.05, 3.63) is 24.3 Å². The Morgan fingerprint density at radius 2 is 2.12 bits per heavy atom. The maximum Gasteiger partial charge on any atom is 0.573 e. The molecule has 0 bridgehead atoms. The number of hydrogen-bond acceptors (Lipinski definition) is 5. The van der Waals surface area contributed by atoms with Crippen molar-refractivity contribution in [2.45, 2.75) is 31.8 Å². The quantitative estimate of drug-likeness (QED) is 0.762. The van der Waals surface area contributed by atoms with E-state index in [1.54, 1.807) is 4.90 Å². The van der Waals surface area contributed by atoms with Gasteiger partial charge in [-0.15, -0.1) is 13.2 Å². The van der Waals surface area contributed by atoms with Crippen molar-refractivity contribution in [2.75, 3.05) is 18.0 Å². The molecule has 1 aromatic rings. The Kier molecular flexibility index (Phi) is 5.73. The molecule has 1 aromatic carbocycles. The molecule has 2 rings (SSSR count). The second kappa shape index (κ2) is 7.63. The van der Waals surface area contributed by atoms with Gasteiger partial charge >= 0.3 is 12.3 Å². The van der Waals surface area contributed by atoms with Gasteiger partial charge in [-0.1, -0.05) is 6.07 Å². The third-order valence-corrected chi connectivity index (χ3v) is 4.05. The van der Waals surface area contributed by atoms with Crippen LogP contribution < -0.4 is 9.64 Å². The summed E-state index contributed by atoms with van der Waals surface area (Å²) in [6.07, 6.45) is -4.73. The number of benzene rings is 1. The van der Waals surface area contributed by atoms with Crippen LogP contribution in [0.1, 0.15) is 13.3 Å². The molecular weight excluding hydrogens is 357 g/mol. The van der Waals surface area contributed by atoms with Crippen molar-refractivity contribution in [1.82, 2.24) is 4.90 Å². The number of carbonyl (C=O) groups is 3. The summed E-state index contributed by atoms with van der Waals surface area (Å²) in [5, 5.41) is 9.20. The number of piperazine rings is 1. The summed E-state index contributed by atoms with van der Waals surface area (Å²) in [4.78, 5) is 37.2. The molecule has 1 saturated heterocycles. The van der Waals surface area contributed by atoms with Gasteiger partial charge in [-0.05, 0) is 19.1 Å². The molecule has 0 spiro atoms. The molecule has 142 valence electrons. The first kappa shape index (κ1) is 19.5. The van der Waals surface area contributed by atoms with E-state index in [1.807, 2.05) is 0 Å². The van der Waals surface area contributed by atoms with Crippen LogP contribution in [0.4, 0.5) is 18.9 Å². The number of halogens is 3. The number of ether oxygens (including phenoxy) is 1. The fraction of sp³-hybridized carbons (Fsp3) is 0.438. The molecule has 0 aromatic heterocycles. The Morgan fingerprint density at radius 3 is 2.69 bits per heavy atom. The molecule has 26 heavy (non-hydrogen) atoms. The first-order valence-corrected chi connectivity index (χ1v) is 7.73. The van der Waals surface area contributed by atoms with E-state index in [2.05, 4.69) is 4.74 Å². The zero-order valence-electron chi connectivity index (χ0n) is 13.8. The van der Waals surface area contributed by atoms with Gasteiger partial charge in [-0.3, -0.25) is 4.79 Å². The van der Waals surface area contributed by atoms with E-state index in [0.717, 1.165) is 17.0 Å². The van der Waals surface area contributed by atoms with E-state index in [9.17, 15) is 32.7 Å². The Balaban J connectivity index is 2.20. The minimum atomic E-state index is -4.83. The monoisotopic (exact) mass is 374 g/mol. The lowest BCUT2D eigenvalue weighted by Gasteiger charge is -2.42. The molecule has 7 nitrogen and oxygen atoms in total. The number of amides is 1. The molecule has 0 aliphatic carbocycles. The highest BCUT2D eigenvalue weighted by molar-refractivity contribution is 5.91. The van der Waals surface area contributed by atoms with Gasteiger partial charge in [-0.2, -0.15) is 0 Å². The van der Waals surface area contributed by atoms with Crippen molar-refractivity contribution in [3.63, 3.8) is 0 Å². The van der Waals surface area contributed by atoms with Gasteiger partial charge in [0.05, 0.1) is 0 Å². The van der Waals surface area contributed by atoms with Gasteiger partial charge in [0.2, 0.25) is 5.91 Å². The average molecular weight is 374 g/mol. The largest absolute Gasteiger partial charge is 0.573 e. The molecule has 2 atom stereocenters. The van der Waals surface area contributed by atoms with Gasteiger partial charge in [0.1, 0.15) is 24.1 Å². The van der Waals surface area contributed by atoms with Crippen LogP contribution in [0.2, 0.25) is 0 Å². The van der Waals surface area contributed by atoms with E-state index in [0.29, 0.717) is 12.0 Å². The molecule has 1 aliphatic heterocycles. The van der Waals surface area contributed by atoms with Gasteiger partial charge in [0.25, 0.3) is 0 Å². The predicted octanol–water partition coefficient (Wildman–Crippen LogP) is 1.66. The summed E-state index contributed by atoms with van der Waals surface area (Å²) >= 11 is 0. The van der Waals surface area contributed by atoms with Crippen molar-refractivity contribution >= 4 is 23.9 Å². The predicted molar refractivity (Wildman–Crippen MR) is 83.8 cm³/mol. The van der Waals surface area contributed by atoms with Crippen molar-refractivity contribution in [2.24, 2.45) is 0 Å². The molecule has 1 aliphatic rings. The number of anilines is 1. The smallest absolute Gasteiger partial charge is 0.480 e. The topological polar surface area (TPSA) is 87.2 Å². The molecule has 0 saturated carbocycles. The van der Waals surface area contributed by atoms with Crippen LogP contribution in [0.3, 0.4) is 0 Å². The van der Waals surface area contributed by atoms with Crippen molar-refractivity contribution in [1.29, 1.82) is 0 Å². The van der Waals surface area contributed by atoms with Crippen molar-refractivity contribution < 1.29 is 37.4 Å². The lowest BCUT2D eigenvalue weighted by molar-refractivity contribution is -0.274. The van der Waals surface area contributed by atoms with E-state index < -0.39 is 36.1 Å². The second-order valence-electron chi connectivity index (χ2n) is 5.70. The van der Waals surface area contributed by atoms with E-state index in [-0.39, 0.29) is 19.5 Å². The Hall–Kier alpha value is -2.78. The first-order valence-electron chi connectivity index (χ1n) is 7.73. The summed E-state index contributed by atoms with van der Waals surface area (Å²) in [5.41, 5.74) is 0.342. The lowest BCUT2D eigenvalue weighted by Crippen LogP contribution is -2.60. The summed E-state index contributed by atoms with van der Waals surface area (Å²) in [6, 6.07) is 3.13. The van der Waals surface area contributed by atoms with Crippen LogP contribution in [0.25, 0.3) is 0 Å². The molecule has 2 unspecified atom stereocenters. The molecule has 0 radical (unpaired) electrons. The standard InChI is InChI=1S/C16H17F3N2O5/c1-10-14(23)21(13(5-8-22)15(24)25)7-6-20(10)11-3-2-4-12(9-11)26-16(17,18)19/h2-4,8-10,13H,5-7H2,1H3,(H,24,25). The second-order valence-corrected chi connectivity index (χ2v) is 5.70. The number of carbonyl (C=O) groups excluding carboxylic acids is 2. The van der Waals surface area contributed by atoms with Crippen LogP contribution in [-0.2, 0) is 14.4 Å². The first-order chi connectivity index (χ1) is 12.1. The molecule has 1 N–H and O–H groups in total. The number of carboxylic acids is 1. The van der Waals surface area contributed by atoms with Crippen LogP contribution >= 0.6 is 0 Å². The minimum absolute atomic E-state index is 0.0261. The highest BCUT2D eigenvalue weighted by atomic mass is 19.4. The number of alkyl halides is 3. The van der Waals surface area contributed by atoms with Gasteiger partial charge in [0, 0.05) is 31.3 Å². The number of carboxylic acid groups (broad SMARTS) is 1. The zero-order chi connectivity index (χ0) is 19.5. The lowest BCUT2D eigenvalue weighted by atomic mass is 10.1. The van der Waals surface area contributed by atoms with Gasteiger partial charge in [-0.25, -0.2) is 4.79 Å². The fourth-order valence-corrected chi connectivity index (χ4v) is 2.87. The minimum Gasteiger partial charge on any atom is -0.480 e. The highest BCUT2D eigenvalue weighted by Crippen LogP contribution is 2.29. The summed E-state index contributed by atoms with van der Waals surface area (Å²) in [6.45, 7) is 1.74. The fourth-order valence-electron chi connectivity index (χ4n) is 2.87. The van der Waals surface area contributed by atoms with Gasteiger partial charge < -0.3 is 24.4 Å². The van der Waals surface area contributed by atoms with E-state index in [4.69, 9.17) is 0 Å². The maximum absolute atomic E-state index is 12.5. The number of aldehydes is 1. The zero-order valence-corrected chi connectivity index (χ0v) is 13.8. The third kappa shape index (κ3) is 4.44. The Labute approximate surface area is 146 Å². The summed E-state index contributed by atoms with van der Waals surface area (Å²) < 4.78 is 41.0. The maximum atomic E-state index is 12.5. The van der Waals surface area contributed by atoms with E-state index in [1.165, 1.54) is 19.1 Å². The normalized spacial score (nSPS) is 19.2. The number of nitrogens with zero attached hydrogens (tertiary/aromatic N) is 2. The van der Waals surface area contributed by atoms with Crippen LogP contribution in [0.5, 0.6) is 5.75 Å². The molecule has 1 fully saturated rings. The molecular formula is C16H17F3N2O5. The summed E-state index contributed by atoms with van der Waals surface area (Å²) in [7, 11) is 0. The van der Waals surface area contributed by atoms with Crippen LogP contribution in [-0.4, -0.2) is 59.7 Å². The SMILES string of the molecule is CC1C(=O)N(C(CC=O)C(=O)O)CCN1c1cccc(OC(F)(F)F)c1. The molecule has 1 amide bonds. The Morgan fingerprint density at radius 1 is 1.42 bits per heavy atom. The number of rotatable bonds is 6. The van der Waals surface area contributed by atoms with E-state index >= 15 is 0 Å². The van der Waals surface area contributed by atoms with Crippen LogP contribution in [0, 0.1) is 0 Å². The number of aliphatic carboxylic acids is 1. The Bertz CT molecular complexity index is 695. The van der Waals surface area contributed by atoms with Crippen LogP contribution in [0.15, 0.2) is 24.3 Å². The molecule has 1 heterocycles. The third-order valence-electron chi connectivity index (χ3n) is 4.05. The summed E-state index contributed by atoms with van der Waals surface area (Å²) in [5.74, 6) is -2.22. The van der Waals surface area contributed by atoms with Gasteiger partial charge in [0.15, 0.2) is 0 Å². The number of hydrogen-bond donors (Lipinski definition) is 1.